The molecule has 1 heterocycles. The van der Waals surface area contributed by atoms with Crippen LogP contribution in [0.1, 0.15) is 23.3 Å². The number of hydrogen-bond acceptors (Lipinski definition) is 3. The van der Waals surface area contributed by atoms with Gasteiger partial charge in [0.2, 0.25) is 5.91 Å². The van der Waals surface area contributed by atoms with Crippen molar-refractivity contribution in [3.63, 3.8) is 0 Å². The molecule has 21 heavy (non-hydrogen) atoms. The van der Waals surface area contributed by atoms with E-state index >= 15 is 0 Å². The molecule has 0 aliphatic heterocycles. The molecular weight excluding hydrogens is 286 g/mol. The number of carbonyl (C=O) groups excluding carboxylic acids is 1. The second-order valence-electron chi connectivity index (χ2n) is 4.83. The number of thiophene rings is 1. The van der Waals surface area contributed by atoms with Crippen LogP contribution < -0.4 is 5.32 Å². The molecule has 0 radical (unpaired) electrons. The van der Waals surface area contributed by atoms with Crippen molar-refractivity contribution in [2.75, 3.05) is 0 Å². The standard InChI is InChI=1S/C16H17NO3S/c1-11(14-8-5-9-21-14)15(18)17-13(16(19)20)10-12-6-3-2-4-7-12/h2-9,11,13H,10H2,1H3,(H,17,18)(H,19,20)/t11?,13-/m0/s1. The van der Waals surface area contributed by atoms with E-state index in [1.807, 2.05) is 47.8 Å². The van der Waals surface area contributed by atoms with Gasteiger partial charge in [-0.25, -0.2) is 4.79 Å². The minimum Gasteiger partial charge on any atom is -0.480 e. The Morgan fingerprint density at radius 2 is 1.90 bits per heavy atom. The highest BCUT2D eigenvalue weighted by molar-refractivity contribution is 7.10. The molecule has 1 aromatic carbocycles. The van der Waals surface area contributed by atoms with Crippen LogP contribution in [0.3, 0.4) is 0 Å². The van der Waals surface area contributed by atoms with Crippen LogP contribution in [0.15, 0.2) is 47.8 Å². The van der Waals surface area contributed by atoms with Gasteiger partial charge >= 0.3 is 5.97 Å². The number of benzene rings is 1. The van der Waals surface area contributed by atoms with Crippen LogP contribution in [-0.4, -0.2) is 23.0 Å². The Morgan fingerprint density at radius 3 is 2.48 bits per heavy atom. The summed E-state index contributed by atoms with van der Waals surface area (Å²) in [6, 6.07) is 12.1. The van der Waals surface area contributed by atoms with E-state index in [0.29, 0.717) is 0 Å². The van der Waals surface area contributed by atoms with Crippen LogP contribution in [-0.2, 0) is 16.0 Å². The number of rotatable bonds is 6. The molecule has 0 aliphatic carbocycles. The third-order valence-electron chi connectivity index (χ3n) is 3.26. The second-order valence-corrected chi connectivity index (χ2v) is 5.81. The van der Waals surface area contributed by atoms with Gasteiger partial charge in [0.05, 0.1) is 5.92 Å². The highest BCUT2D eigenvalue weighted by Gasteiger charge is 2.24. The van der Waals surface area contributed by atoms with Gasteiger partial charge in [0, 0.05) is 11.3 Å². The summed E-state index contributed by atoms with van der Waals surface area (Å²) < 4.78 is 0. The van der Waals surface area contributed by atoms with Crippen LogP contribution in [0.25, 0.3) is 0 Å². The summed E-state index contributed by atoms with van der Waals surface area (Å²) in [6.07, 6.45) is 0.277. The summed E-state index contributed by atoms with van der Waals surface area (Å²) in [4.78, 5) is 24.4. The lowest BCUT2D eigenvalue weighted by Gasteiger charge is -2.17. The molecule has 0 saturated carbocycles. The average molecular weight is 303 g/mol. The maximum atomic E-state index is 12.2. The minimum atomic E-state index is -1.02. The molecule has 4 nitrogen and oxygen atoms in total. The fourth-order valence-corrected chi connectivity index (χ4v) is 2.80. The number of aliphatic carboxylic acids is 1. The zero-order valence-corrected chi connectivity index (χ0v) is 12.5. The van der Waals surface area contributed by atoms with Crippen molar-refractivity contribution < 1.29 is 14.7 Å². The molecular formula is C16H17NO3S. The molecule has 0 bridgehead atoms. The SMILES string of the molecule is CC(C(=O)N[C@@H](Cc1ccccc1)C(=O)O)c1cccs1. The number of carbonyl (C=O) groups is 2. The van der Waals surface area contributed by atoms with Gasteiger partial charge in [-0.2, -0.15) is 0 Å². The first-order valence-corrected chi connectivity index (χ1v) is 7.56. The highest BCUT2D eigenvalue weighted by Crippen LogP contribution is 2.21. The molecule has 1 aromatic heterocycles. The predicted octanol–water partition coefficient (Wildman–Crippen LogP) is 2.66. The van der Waals surface area contributed by atoms with E-state index in [9.17, 15) is 14.7 Å². The molecule has 0 spiro atoms. The fourth-order valence-electron chi connectivity index (χ4n) is 2.01. The van der Waals surface area contributed by atoms with Gasteiger partial charge in [0.25, 0.3) is 0 Å². The van der Waals surface area contributed by atoms with Gasteiger partial charge in [-0.3, -0.25) is 4.79 Å². The quantitative estimate of drug-likeness (QED) is 0.862. The van der Waals surface area contributed by atoms with Crippen molar-refractivity contribution in [2.45, 2.75) is 25.3 Å². The summed E-state index contributed by atoms with van der Waals surface area (Å²) in [5, 5.41) is 13.8. The van der Waals surface area contributed by atoms with E-state index < -0.39 is 12.0 Å². The Labute approximate surface area is 127 Å². The first kappa shape index (κ1) is 15.3. The molecule has 0 fully saturated rings. The summed E-state index contributed by atoms with van der Waals surface area (Å²) >= 11 is 1.49. The maximum Gasteiger partial charge on any atom is 0.326 e. The van der Waals surface area contributed by atoms with Gasteiger partial charge in [-0.1, -0.05) is 36.4 Å². The lowest BCUT2D eigenvalue weighted by Crippen LogP contribution is -2.43. The van der Waals surface area contributed by atoms with E-state index in [1.54, 1.807) is 6.92 Å². The van der Waals surface area contributed by atoms with Crippen molar-refractivity contribution in [3.8, 4) is 0 Å². The van der Waals surface area contributed by atoms with Crippen LogP contribution in [0.2, 0.25) is 0 Å². The Kier molecular flexibility index (Phi) is 5.11. The van der Waals surface area contributed by atoms with E-state index in [0.717, 1.165) is 10.4 Å². The molecule has 0 saturated heterocycles. The lowest BCUT2D eigenvalue weighted by atomic mass is 10.0. The molecule has 2 rings (SSSR count). The molecule has 2 atom stereocenters. The van der Waals surface area contributed by atoms with Gasteiger partial charge < -0.3 is 10.4 Å². The smallest absolute Gasteiger partial charge is 0.326 e. The number of carboxylic acids is 1. The summed E-state index contributed by atoms with van der Waals surface area (Å²) in [7, 11) is 0. The van der Waals surface area contributed by atoms with E-state index in [2.05, 4.69) is 5.32 Å². The first-order valence-electron chi connectivity index (χ1n) is 6.68. The largest absolute Gasteiger partial charge is 0.480 e. The molecule has 5 heteroatoms. The number of hydrogen-bond donors (Lipinski definition) is 2. The molecule has 1 unspecified atom stereocenters. The zero-order valence-electron chi connectivity index (χ0n) is 11.7. The Balaban J connectivity index is 2.03. The van der Waals surface area contributed by atoms with Gasteiger partial charge in [0.15, 0.2) is 0 Å². The normalized spacial score (nSPS) is 13.4. The lowest BCUT2D eigenvalue weighted by molar-refractivity contribution is -0.141. The molecule has 2 N–H and O–H groups in total. The third-order valence-corrected chi connectivity index (χ3v) is 4.32. The van der Waals surface area contributed by atoms with Crippen molar-refractivity contribution in [1.82, 2.24) is 5.32 Å². The summed E-state index contributed by atoms with van der Waals surface area (Å²) in [6.45, 7) is 1.78. The second kappa shape index (κ2) is 7.04. The monoisotopic (exact) mass is 303 g/mol. The fraction of sp³-hybridized carbons (Fsp3) is 0.250. The zero-order chi connectivity index (χ0) is 15.2. The first-order chi connectivity index (χ1) is 10.1. The van der Waals surface area contributed by atoms with Gasteiger partial charge in [-0.15, -0.1) is 11.3 Å². The van der Waals surface area contributed by atoms with Crippen LogP contribution in [0.5, 0.6) is 0 Å². The van der Waals surface area contributed by atoms with Gasteiger partial charge in [-0.05, 0) is 23.9 Å². The minimum absolute atomic E-state index is 0.263. The number of nitrogens with one attached hydrogen (secondary N) is 1. The van der Waals surface area contributed by atoms with Crippen molar-refractivity contribution in [1.29, 1.82) is 0 Å². The van der Waals surface area contributed by atoms with Crippen LogP contribution in [0.4, 0.5) is 0 Å². The summed E-state index contributed by atoms with van der Waals surface area (Å²) in [5.74, 6) is -1.63. The average Bonchev–Trinajstić information content (AvgIpc) is 3.00. The predicted molar refractivity (Wildman–Crippen MR) is 82.4 cm³/mol. The van der Waals surface area contributed by atoms with E-state index in [-0.39, 0.29) is 18.2 Å². The van der Waals surface area contributed by atoms with E-state index in [1.165, 1.54) is 11.3 Å². The van der Waals surface area contributed by atoms with Crippen molar-refractivity contribution in [2.24, 2.45) is 0 Å². The van der Waals surface area contributed by atoms with Crippen LogP contribution in [0, 0.1) is 0 Å². The maximum absolute atomic E-state index is 12.2. The third kappa shape index (κ3) is 4.16. The summed E-state index contributed by atoms with van der Waals surface area (Å²) in [5.41, 5.74) is 0.883. The number of carboxylic acid groups (broad SMARTS) is 1. The van der Waals surface area contributed by atoms with Gasteiger partial charge in [0.1, 0.15) is 6.04 Å². The Hall–Kier alpha value is -2.14. The molecule has 0 aliphatic rings. The Morgan fingerprint density at radius 1 is 1.19 bits per heavy atom. The molecule has 2 aromatic rings. The van der Waals surface area contributed by atoms with Crippen molar-refractivity contribution >= 4 is 23.2 Å². The number of amides is 1. The topological polar surface area (TPSA) is 66.4 Å². The Bertz CT molecular complexity index is 595. The van der Waals surface area contributed by atoms with Crippen molar-refractivity contribution in [3.05, 3.63) is 58.3 Å². The molecule has 1 amide bonds. The van der Waals surface area contributed by atoms with Crippen LogP contribution >= 0.6 is 11.3 Å². The van der Waals surface area contributed by atoms with E-state index in [4.69, 9.17) is 0 Å². The molecule has 110 valence electrons. The highest BCUT2D eigenvalue weighted by atomic mass is 32.1.